The van der Waals surface area contributed by atoms with Gasteiger partial charge in [-0.2, -0.15) is 5.26 Å². The zero-order valence-corrected chi connectivity index (χ0v) is 17.7. The van der Waals surface area contributed by atoms with Gasteiger partial charge in [0.25, 0.3) is 0 Å². The molecule has 2 aromatic heterocycles. The van der Waals surface area contributed by atoms with Crippen LogP contribution in [0.15, 0.2) is 59.3 Å². The van der Waals surface area contributed by atoms with Crippen molar-refractivity contribution in [2.24, 2.45) is 0 Å². The molecule has 3 N–H and O–H groups in total. The Morgan fingerprint density at radius 1 is 1.09 bits per heavy atom. The molecule has 0 aliphatic carbocycles. The van der Waals surface area contributed by atoms with Crippen molar-refractivity contribution in [3.63, 3.8) is 0 Å². The SMILES string of the molecule is N#Cc1cccc(NC(=S)N[C@@H]2CO[C@@H]3[C@@H]2OC[C@@H]3Nc2nccc(-c3ccco3)n2)c1. The molecule has 0 bridgehead atoms. The number of hydrogen-bond donors (Lipinski definition) is 3. The molecule has 10 heteroatoms. The minimum Gasteiger partial charge on any atom is -0.463 e. The van der Waals surface area contributed by atoms with Crippen molar-refractivity contribution in [3.8, 4) is 17.5 Å². The minimum absolute atomic E-state index is 0.0903. The largest absolute Gasteiger partial charge is 0.463 e. The molecular weight excluding hydrogens is 428 g/mol. The fourth-order valence-electron chi connectivity index (χ4n) is 3.90. The number of anilines is 2. The zero-order valence-electron chi connectivity index (χ0n) is 16.9. The molecule has 1 aromatic carbocycles. The number of furan rings is 1. The van der Waals surface area contributed by atoms with Crippen LogP contribution >= 0.6 is 12.2 Å². The molecule has 32 heavy (non-hydrogen) atoms. The maximum absolute atomic E-state index is 9.04. The molecular formula is C22H20N6O3S. The van der Waals surface area contributed by atoms with Crippen molar-refractivity contribution in [2.45, 2.75) is 24.3 Å². The van der Waals surface area contributed by atoms with Gasteiger partial charge in [0.1, 0.15) is 17.9 Å². The van der Waals surface area contributed by atoms with E-state index in [0.717, 1.165) is 5.69 Å². The Morgan fingerprint density at radius 2 is 1.94 bits per heavy atom. The third-order valence-electron chi connectivity index (χ3n) is 5.36. The van der Waals surface area contributed by atoms with Gasteiger partial charge >= 0.3 is 0 Å². The highest BCUT2D eigenvalue weighted by Gasteiger charge is 2.48. The van der Waals surface area contributed by atoms with Gasteiger partial charge in [-0.25, -0.2) is 9.97 Å². The van der Waals surface area contributed by atoms with Crippen molar-refractivity contribution in [1.82, 2.24) is 15.3 Å². The Kier molecular flexibility index (Phi) is 5.68. The average molecular weight is 449 g/mol. The Bertz CT molecular complexity index is 1150. The van der Waals surface area contributed by atoms with E-state index in [0.29, 0.717) is 41.3 Å². The molecule has 2 aliphatic heterocycles. The predicted octanol–water partition coefficient (Wildman–Crippen LogP) is 2.54. The molecule has 2 saturated heterocycles. The van der Waals surface area contributed by atoms with Crippen LogP contribution < -0.4 is 16.0 Å². The Labute approximate surface area is 189 Å². The molecule has 9 nitrogen and oxygen atoms in total. The Hall–Kier alpha value is -3.52. The molecule has 2 fully saturated rings. The Balaban J connectivity index is 1.19. The number of thiocarbonyl (C=S) groups is 1. The van der Waals surface area contributed by atoms with Crippen molar-refractivity contribution >= 4 is 29.0 Å². The summed E-state index contributed by atoms with van der Waals surface area (Å²) in [5, 5.41) is 19.2. The normalized spacial score (nSPS) is 23.8. The number of hydrogen-bond acceptors (Lipinski definition) is 8. The van der Waals surface area contributed by atoms with Gasteiger partial charge in [-0.3, -0.25) is 0 Å². The number of ether oxygens (including phenoxy) is 2. The van der Waals surface area contributed by atoms with E-state index >= 15 is 0 Å². The zero-order chi connectivity index (χ0) is 21.9. The van der Waals surface area contributed by atoms with Crippen LogP contribution in [0.5, 0.6) is 0 Å². The van der Waals surface area contributed by atoms with E-state index in [4.69, 9.17) is 31.4 Å². The van der Waals surface area contributed by atoms with E-state index in [1.165, 1.54) is 0 Å². The predicted molar refractivity (Wildman–Crippen MR) is 121 cm³/mol. The van der Waals surface area contributed by atoms with Crippen LogP contribution in [0, 0.1) is 11.3 Å². The molecule has 0 amide bonds. The summed E-state index contributed by atoms with van der Waals surface area (Å²) in [7, 11) is 0. The average Bonchev–Trinajstić information content (AvgIpc) is 3.55. The number of nitrogens with one attached hydrogen (secondary N) is 3. The van der Waals surface area contributed by atoms with E-state index in [1.54, 1.807) is 36.7 Å². The lowest BCUT2D eigenvalue weighted by Crippen LogP contribution is -2.46. The standard InChI is InChI=1S/C22H20N6O3S/c23-10-13-3-1-4-14(9-13)25-22(32)28-17-12-31-19-16(11-30-20(17)19)27-21-24-7-6-15(26-21)18-5-2-8-29-18/h1-9,16-17,19-20H,11-12H2,(H,24,26,27)(H2,25,28,32)/t16-,17+,19-,20+/m0/s1. The van der Waals surface area contributed by atoms with Crippen molar-refractivity contribution in [1.29, 1.82) is 5.26 Å². The number of nitrogens with zero attached hydrogens (tertiary/aromatic N) is 3. The van der Waals surface area contributed by atoms with Gasteiger partial charge in [0, 0.05) is 11.9 Å². The molecule has 0 unspecified atom stereocenters. The van der Waals surface area contributed by atoms with Crippen LogP contribution in [0.25, 0.3) is 11.5 Å². The van der Waals surface area contributed by atoms with E-state index in [2.05, 4.69) is 32.0 Å². The fourth-order valence-corrected chi connectivity index (χ4v) is 4.17. The van der Waals surface area contributed by atoms with E-state index in [-0.39, 0.29) is 24.3 Å². The summed E-state index contributed by atoms with van der Waals surface area (Å²) in [6.07, 6.45) is 2.98. The first-order chi connectivity index (χ1) is 15.7. The highest BCUT2D eigenvalue weighted by molar-refractivity contribution is 7.80. The van der Waals surface area contributed by atoms with Crippen molar-refractivity contribution < 1.29 is 13.9 Å². The number of rotatable bonds is 5. The van der Waals surface area contributed by atoms with Crippen LogP contribution in [0.1, 0.15) is 5.56 Å². The first kappa shape index (κ1) is 20.4. The topological polar surface area (TPSA) is 117 Å². The van der Waals surface area contributed by atoms with Gasteiger partial charge in [0.15, 0.2) is 10.9 Å². The maximum atomic E-state index is 9.04. The molecule has 5 rings (SSSR count). The summed E-state index contributed by atoms with van der Waals surface area (Å²) in [6.45, 7) is 0.924. The van der Waals surface area contributed by atoms with Gasteiger partial charge in [-0.1, -0.05) is 6.07 Å². The van der Waals surface area contributed by atoms with Gasteiger partial charge < -0.3 is 29.8 Å². The highest BCUT2D eigenvalue weighted by Crippen LogP contribution is 2.29. The van der Waals surface area contributed by atoms with Crippen molar-refractivity contribution in [2.75, 3.05) is 23.8 Å². The number of fused-ring (bicyclic) bond motifs is 1. The minimum atomic E-state index is -0.161. The molecule has 3 aromatic rings. The van der Waals surface area contributed by atoms with Crippen molar-refractivity contribution in [3.05, 3.63) is 60.5 Å². The third-order valence-corrected chi connectivity index (χ3v) is 5.58. The van der Waals surface area contributed by atoms with Crippen LogP contribution in [-0.4, -0.2) is 52.6 Å². The third kappa shape index (κ3) is 4.27. The maximum Gasteiger partial charge on any atom is 0.223 e. The molecule has 0 spiro atoms. The monoisotopic (exact) mass is 448 g/mol. The van der Waals surface area contributed by atoms with E-state index in [1.807, 2.05) is 18.2 Å². The summed E-state index contributed by atoms with van der Waals surface area (Å²) in [5.74, 6) is 1.17. The fraction of sp³-hybridized carbons (Fsp3) is 0.273. The Morgan fingerprint density at radius 3 is 2.75 bits per heavy atom. The molecule has 4 heterocycles. The van der Waals surface area contributed by atoms with Crippen LogP contribution in [0.4, 0.5) is 11.6 Å². The molecule has 0 saturated carbocycles. The summed E-state index contributed by atoms with van der Waals surface area (Å²) >= 11 is 5.44. The quantitative estimate of drug-likeness (QED) is 0.503. The number of benzene rings is 1. The van der Waals surface area contributed by atoms with Gasteiger partial charge in [0.05, 0.1) is 43.2 Å². The van der Waals surface area contributed by atoms with Gasteiger partial charge in [-0.15, -0.1) is 0 Å². The summed E-state index contributed by atoms with van der Waals surface area (Å²) in [5.41, 5.74) is 2.01. The summed E-state index contributed by atoms with van der Waals surface area (Å²) in [4.78, 5) is 8.84. The summed E-state index contributed by atoms with van der Waals surface area (Å²) < 4.78 is 17.4. The van der Waals surface area contributed by atoms with Gasteiger partial charge in [0.2, 0.25) is 5.95 Å². The first-order valence-electron chi connectivity index (χ1n) is 10.1. The molecule has 0 radical (unpaired) electrons. The second-order valence-electron chi connectivity index (χ2n) is 7.49. The van der Waals surface area contributed by atoms with Crippen LogP contribution in [0.3, 0.4) is 0 Å². The second kappa shape index (κ2) is 8.92. The van der Waals surface area contributed by atoms with Crippen LogP contribution in [-0.2, 0) is 9.47 Å². The second-order valence-corrected chi connectivity index (χ2v) is 7.90. The molecule has 2 aliphatic rings. The smallest absolute Gasteiger partial charge is 0.223 e. The highest BCUT2D eigenvalue weighted by atomic mass is 32.1. The number of aromatic nitrogens is 2. The number of nitriles is 1. The van der Waals surface area contributed by atoms with E-state index < -0.39 is 0 Å². The van der Waals surface area contributed by atoms with E-state index in [9.17, 15) is 0 Å². The lowest BCUT2D eigenvalue weighted by atomic mass is 10.1. The first-order valence-corrected chi connectivity index (χ1v) is 10.5. The summed E-state index contributed by atoms with van der Waals surface area (Å²) in [6, 6.07) is 14.5. The lowest BCUT2D eigenvalue weighted by Gasteiger charge is -2.20. The lowest BCUT2D eigenvalue weighted by molar-refractivity contribution is 0.0689. The molecule has 4 atom stereocenters. The van der Waals surface area contributed by atoms with Gasteiger partial charge in [-0.05, 0) is 48.6 Å². The van der Waals surface area contributed by atoms with Crippen LogP contribution in [0.2, 0.25) is 0 Å². The molecule has 162 valence electrons.